The summed E-state index contributed by atoms with van der Waals surface area (Å²) < 4.78 is 0. The number of aliphatic hydroxyl groups is 1. The fourth-order valence-electron chi connectivity index (χ4n) is 8.01. The molecule has 4 heteroatoms. The van der Waals surface area contributed by atoms with Crippen LogP contribution in [-0.2, 0) is 0 Å². The van der Waals surface area contributed by atoms with Crippen molar-refractivity contribution in [1.29, 1.82) is 0 Å². The Balaban J connectivity index is 1.54. The second-order valence-electron chi connectivity index (χ2n) is 10.5. The number of nitrogens with one attached hydrogen (secondary N) is 1. The summed E-state index contributed by atoms with van der Waals surface area (Å²) in [7, 11) is 0. The number of rotatable bonds is 3. The van der Waals surface area contributed by atoms with E-state index in [1.54, 1.807) is 5.57 Å². The Labute approximate surface area is 163 Å². The number of amides is 1. The van der Waals surface area contributed by atoms with Crippen LogP contribution in [0.1, 0.15) is 72.1 Å². The Hall–Kier alpha value is -1.03. The lowest BCUT2D eigenvalue weighted by atomic mass is 9.47. The van der Waals surface area contributed by atoms with Gasteiger partial charge in [0.15, 0.2) is 0 Å². The van der Waals surface area contributed by atoms with Crippen molar-refractivity contribution < 1.29 is 15.0 Å². The summed E-state index contributed by atoms with van der Waals surface area (Å²) in [5.74, 6) is 3.35. The molecule has 3 fully saturated rings. The lowest BCUT2D eigenvalue weighted by molar-refractivity contribution is -0.0564. The minimum Gasteiger partial charge on any atom is -0.465 e. The van der Waals surface area contributed by atoms with E-state index in [9.17, 15) is 9.90 Å². The highest BCUT2D eigenvalue weighted by Crippen LogP contribution is 2.67. The number of hydrogen-bond donors (Lipinski definition) is 3. The Bertz CT molecular complexity index is 631. The monoisotopic (exact) mass is 375 g/mol. The molecule has 1 unspecified atom stereocenters. The summed E-state index contributed by atoms with van der Waals surface area (Å²) in [4.78, 5) is 10.9. The SMILES string of the molecule is CC(CNC(=O)O)[C@H]1CC[C@H]2[C@@H]3CC=C4C[C@@H](O)CC[C@]4(C)[C@H]3CC[C@]12C. The maximum Gasteiger partial charge on any atom is 0.404 e. The van der Waals surface area contributed by atoms with Gasteiger partial charge in [-0.25, -0.2) is 4.79 Å². The summed E-state index contributed by atoms with van der Waals surface area (Å²) in [5.41, 5.74) is 2.20. The second-order valence-corrected chi connectivity index (χ2v) is 10.5. The normalized spacial score (nSPS) is 47.3. The van der Waals surface area contributed by atoms with Crippen molar-refractivity contribution in [2.75, 3.05) is 6.54 Å². The van der Waals surface area contributed by atoms with Crippen LogP contribution in [-0.4, -0.2) is 29.0 Å². The van der Waals surface area contributed by atoms with Gasteiger partial charge in [0.1, 0.15) is 0 Å². The number of carbonyl (C=O) groups is 1. The van der Waals surface area contributed by atoms with Gasteiger partial charge in [-0.1, -0.05) is 32.4 Å². The number of fused-ring (bicyclic) bond motifs is 5. The zero-order valence-electron chi connectivity index (χ0n) is 17.2. The third-order valence-electron chi connectivity index (χ3n) is 9.41. The van der Waals surface area contributed by atoms with Gasteiger partial charge in [0, 0.05) is 6.54 Å². The van der Waals surface area contributed by atoms with Gasteiger partial charge in [-0.3, -0.25) is 0 Å². The van der Waals surface area contributed by atoms with Gasteiger partial charge in [-0.2, -0.15) is 0 Å². The molecular weight excluding hydrogens is 338 g/mol. The van der Waals surface area contributed by atoms with E-state index in [0.29, 0.717) is 29.2 Å². The standard InChI is InChI=1S/C23H37NO3/c1-14(13-24-21(26)27)18-6-7-19-17-5-4-15-12-16(25)8-10-22(15,2)20(17)9-11-23(18,19)3/h4,14,16-20,24-25H,5-13H2,1-3H3,(H,26,27)/t14?,16-,17-,18+,19-,20-,22-,23+/m0/s1. The van der Waals surface area contributed by atoms with Crippen LogP contribution in [0.5, 0.6) is 0 Å². The smallest absolute Gasteiger partial charge is 0.404 e. The predicted molar refractivity (Wildman–Crippen MR) is 106 cm³/mol. The molecule has 8 atom stereocenters. The highest BCUT2D eigenvalue weighted by Gasteiger charge is 2.59. The third kappa shape index (κ3) is 3.03. The fourth-order valence-corrected chi connectivity index (χ4v) is 8.01. The molecule has 0 aromatic carbocycles. The van der Waals surface area contributed by atoms with Crippen LogP contribution in [0.4, 0.5) is 4.79 Å². The molecule has 3 saturated carbocycles. The molecule has 4 rings (SSSR count). The van der Waals surface area contributed by atoms with E-state index < -0.39 is 6.09 Å². The van der Waals surface area contributed by atoms with Gasteiger partial charge in [0.05, 0.1) is 6.10 Å². The van der Waals surface area contributed by atoms with E-state index in [4.69, 9.17) is 5.11 Å². The molecule has 152 valence electrons. The largest absolute Gasteiger partial charge is 0.465 e. The Morgan fingerprint density at radius 2 is 2.00 bits per heavy atom. The van der Waals surface area contributed by atoms with E-state index in [1.807, 2.05) is 0 Å². The summed E-state index contributed by atoms with van der Waals surface area (Å²) in [5, 5.41) is 21.7. The van der Waals surface area contributed by atoms with Crippen molar-refractivity contribution in [2.24, 2.45) is 40.4 Å². The molecular formula is C23H37NO3. The van der Waals surface area contributed by atoms with Crippen molar-refractivity contribution >= 4 is 6.09 Å². The van der Waals surface area contributed by atoms with Crippen molar-refractivity contribution in [3.8, 4) is 0 Å². The maximum absolute atomic E-state index is 10.9. The van der Waals surface area contributed by atoms with Crippen LogP contribution in [0.25, 0.3) is 0 Å². The highest BCUT2D eigenvalue weighted by molar-refractivity contribution is 5.64. The highest BCUT2D eigenvalue weighted by atomic mass is 16.4. The van der Waals surface area contributed by atoms with Crippen molar-refractivity contribution in [1.82, 2.24) is 5.32 Å². The fraction of sp³-hybridized carbons (Fsp3) is 0.870. The molecule has 3 N–H and O–H groups in total. The second kappa shape index (κ2) is 6.79. The molecule has 4 nitrogen and oxygen atoms in total. The summed E-state index contributed by atoms with van der Waals surface area (Å²) in [6.45, 7) is 7.81. The average Bonchev–Trinajstić information content (AvgIpc) is 2.97. The van der Waals surface area contributed by atoms with E-state index in [1.165, 1.54) is 32.1 Å². The summed E-state index contributed by atoms with van der Waals surface area (Å²) in [6, 6.07) is 0. The third-order valence-corrected chi connectivity index (χ3v) is 9.41. The molecule has 0 radical (unpaired) electrons. The van der Waals surface area contributed by atoms with Crippen LogP contribution < -0.4 is 5.32 Å². The van der Waals surface area contributed by atoms with Crippen LogP contribution in [0, 0.1) is 40.4 Å². The molecule has 0 aliphatic heterocycles. The first-order valence-electron chi connectivity index (χ1n) is 11.1. The van der Waals surface area contributed by atoms with Crippen LogP contribution in [0.2, 0.25) is 0 Å². The molecule has 4 aliphatic rings. The average molecular weight is 376 g/mol. The number of carboxylic acid groups (broad SMARTS) is 1. The molecule has 0 heterocycles. The van der Waals surface area contributed by atoms with Crippen molar-refractivity contribution in [2.45, 2.75) is 78.2 Å². The van der Waals surface area contributed by atoms with Crippen LogP contribution in [0.3, 0.4) is 0 Å². The zero-order valence-corrected chi connectivity index (χ0v) is 17.2. The van der Waals surface area contributed by atoms with Crippen LogP contribution >= 0.6 is 0 Å². The van der Waals surface area contributed by atoms with Gasteiger partial charge < -0.3 is 15.5 Å². The van der Waals surface area contributed by atoms with E-state index in [2.05, 4.69) is 32.2 Å². The van der Waals surface area contributed by atoms with Gasteiger partial charge in [-0.15, -0.1) is 0 Å². The lowest BCUT2D eigenvalue weighted by Gasteiger charge is -2.58. The maximum atomic E-state index is 10.9. The molecule has 0 saturated heterocycles. The zero-order chi connectivity index (χ0) is 19.4. The number of hydrogen-bond acceptors (Lipinski definition) is 2. The van der Waals surface area contributed by atoms with Gasteiger partial charge in [-0.05, 0) is 91.8 Å². The minimum atomic E-state index is -0.900. The molecule has 4 aliphatic carbocycles. The molecule has 1 amide bonds. The van der Waals surface area contributed by atoms with Gasteiger partial charge >= 0.3 is 6.09 Å². The quantitative estimate of drug-likeness (QED) is 0.619. The Kier molecular flexibility index (Phi) is 4.85. The van der Waals surface area contributed by atoms with E-state index in [0.717, 1.165) is 37.0 Å². The Morgan fingerprint density at radius 1 is 1.22 bits per heavy atom. The molecule has 0 aromatic heterocycles. The first-order chi connectivity index (χ1) is 12.8. The van der Waals surface area contributed by atoms with E-state index in [-0.39, 0.29) is 6.10 Å². The number of aliphatic hydroxyl groups excluding tert-OH is 1. The van der Waals surface area contributed by atoms with Crippen molar-refractivity contribution in [3.63, 3.8) is 0 Å². The number of allylic oxidation sites excluding steroid dienone is 1. The first kappa shape index (κ1) is 19.3. The van der Waals surface area contributed by atoms with Crippen molar-refractivity contribution in [3.05, 3.63) is 11.6 Å². The van der Waals surface area contributed by atoms with E-state index >= 15 is 0 Å². The Morgan fingerprint density at radius 3 is 2.74 bits per heavy atom. The predicted octanol–water partition coefficient (Wildman–Crippen LogP) is 4.83. The summed E-state index contributed by atoms with van der Waals surface area (Å²) >= 11 is 0. The molecule has 27 heavy (non-hydrogen) atoms. The van der Waals surface area contributed by atoms with Gasteiger partial charge in [0.2, 0.25) is 0 Å². The lowest BCUT2D eigenvalue weighted by Crippen LogP contribution is -2.51. The first-order valence-corrected chi connectivity index (χ1v) is 11.1. The van der Waals surface area contributed by atoms with Crippen LogP contribution in [0.15, 0.2) is 11.6 Å². The molecule has 0 bridgehead atoms. The molecule has 0 aromatic rings. The van der Waals surface area contributed by atoms with Gasteiger partial charge in [0.25, 0.3) is 0 Å². The topological polar surface area (TPSA) is 69.6 Å². The molecule has 0 spiro atoms. The summed E-state index contributed by atoms with van der Waals surface area (Å²) in [6.07, 6.45) is 10.8. The minimum absolute atomic E-state index is 0.131.